The van der Waals surface area contributed by atoms with E-state index in [1.54, 1.807) is 6.07 Å². The number of anilines is 1. The monoisotopic (exact) mass is 268 g/mol. The van der Waals surface area contributed by atoms with Crippen molar-refractivity contribution >= 4 is 15.5 Å². The van der Waals surface area contributed by atoms with Gasteiger partial charge in [0.2, 0.25) is 0 Å². The summed E-state index contributed by atoms with van der Waals surface area (Å²) in [7, 11) is 0.712. The fraction of sp³-hybridized carbons (Fsp3) is 0.538. The Hall–Kier alpha value is -1.07. The standard InChI is InChI=1S/C13H20N2O2S/c1-10-4-5-12-13(8-10)18(16,17)9-11(15(12)3)6-7-14-2/h4-5,8,11,14H,6-7,9H2,1-3H3. The Labute approximate surface area is 109 Å². The number of hydrogen-bond donors (Lipinski definition) is 1. The van der Waals surface area contributed by atoms with Crippen LogP contribution in [0.15, 0.2) is 23.1 Å². The first-order valence-corrected chi connectivity index (χ1v) is 7.82. The van der Waals surface area contributed by atoms with Gasteiger partial charge < -0.3 is 10.2 Å². The number of aryl methyl sites for hydroxylation is 1. The lowest BCUT2D eigenvalue weighted by atomic mass is 10.1. The van der Waals surface area contributed by atoms with Crippen LogP contribution in [0.3, 0.4) is 0 Å². The van der Waals surface area contributed by atoms with Gasteiger partial charge in [-0.2, -0.15) is 0 Å². The van der Waals surface area contributed by atoms with Crippen molar-refractivity contribution in [2.75, 3.05) is 31.3 Å². The Kier molecular flexibility index (Phi) is 3.64. The van der Waals surface area contributed by atoms with Crippen molar-refractivity contribution in [2.24, 2.45) is 0 Å². The summed E-state index contributed by atoms with van der Waals surface area (Å²) in [6.45, 7) is 2.74. The van der Waals surface area contributed by atoms with Crippen molar-refractivity contribution in [1.82, 2.24) is 5.32 Å². The number of nitrogens with one attached hydrogen (secondary N) is 1. The molecule has 1 unspecified atom stereocenters. The number of fused-ring (bicyclic) bond motifs is 1. The van der Waals surface area contributed by atoms with Gasteiger partial charge in [0.05, 0.1) is 16.3 Å². The van der Waals surface area contributed by atoms with Crippen LogP contribution < -0.4 is 10.2 Å². The van der Waals surface area contributed by atoms with Crippen LogP contribution in [0.2, 0.25) is 0 Å². The third-order valence-corrected chi connectivity index (χ3v) is 5.34. The highest BCUT2D eigenvalue weighted by atomic mass is 32.2. The lowest BCUT2D eigenvalue weighted by Gasteiger charge is -2.35. The maximum atomic E-state index is 12.3. The van der Waals surface area contributed by atoms with Crippen molar-refractivity contribution in [2.45, 2.75) is 24.3 Å². The summed E-state index contributed by atoms with van der Waals surface area (Å²) >= 11 is 0. The molecule has 1 aromatic carbocycles. The van der Waals surface area contributed by atoms with Crippen LogP contribution in [0, 0.1) is 6.92 Å². The minimum atomic E-state index is -3.15. The molecule has 0 fully saturated rings. The number of hydrogen-bond acceptors (Lipinski definition) is 4. The molecule has 1 aromatic rings. The molecule has 1 heterocycles. The van der Waals surface area contributed by atoms with E-state index in [2.05, 4.69) is 10.2 Å². The molecule has 0 amide bonds. The summed E-state index contributed by atoms with van der Waals surface area (Å²) in [5, 5.41) is 3.07. The Balaban J connectivity index is 2.42. The zero-order valence-electron chi connectivity index (χ0n) is 11.1. The molecule has 100 valence electrons. The summed E-state index contributed by atoms with van der Waals surface area (Å²) in [6.07, 6.45) is 0.833. The normalized spacial score (nSPS) is 21.7. The third-order valence-electron chi connectivity index (χ3n) is 3.52. The van der Waals surface area contributed by atoms with E-state index in [9.17, 15) is 8.42 Å². The highest BCUT2D eigenvalue weighted by molar-refractivity contribution is 7.91. The highest BCUT2D eigenvalue weighted by Gasteiger charge is 2.33. The maximum absolute atomic E-state index is 12.3. The molecule has 5 heteroatoms. The Morgan fingerprint density at radius 1 is 1.44 bits per heavy atom. The van der Waals surface area contributed by atoms with E-state index in [0.29, 0.717) is 4.90 Å². The number of nitrogens with zero attached hydrogens (tertiary/aromatic N) is 1. The summed E-state index contributed by atoms with van der Waals surface area (Å²) in [4.78, 5) is 2.57. The molecule has 0 radical (unpaired) electrons. The van der Waals surface area contributed by atoms with Crippen molar-refractivity contribution in [1.29, 1.82) is 0 Å². The van der Waals surface area contributed by atoms with Crippen LogP contribution in [-0.2, 0) is 9.84 Å². The molecule has 18 heavy (non-hydrogen) atoms. The van der Waals surface area contributed by atoms with Crippen molar-refractivity contribution in [3.63, 3.8) is 0 Å². The van der Waals surface area contributed by atoms with Gasteiger partial charge in [-0.15, -0.1) is 0 Å². The first-order chi connectivity index (χ1) is 8.45. The average molecular weight is 268 g/mol. The zero-order valence-corrected chi connectivity index (χ0v) is 11.9. The van der Waals surface area contributed by atoms with Crippen LogP contribution in [-0.4, -0.2) is 40.9 Å². The molecule has 0 aromatic heterocycles. The highest BCUT2D eigenvalue weighted by Crippen LogP contribution is 2.33. The molecular formula is C13H20N2O2S. The lowest BCUT2D eigenvalue weighted by molar-refractivity contribution is 0.550. The van der Waals surface area contributed by atoms with Gasteiger partial charge in [-0.25, -0.2) is 8.42 Å². The number of rotatable bonds is 3. The molecule has 0 aliphatic carbocycles. The molecule has 2 rings (SSSR count). The minimum absolute atomic E-state index is 0.0534. The third kappa shape index (κ3) is 2.37. The molecule has 1 aliphatic heterocycles. The Morgan fingerprint density at radius 3 is 2.83 bits per heavy atom. The van der Waals surface area contributed by atoms with Crippen molar-refractivity contribution in [3.05, 3.63) is 23.8 Å². The van der Waals surface area contributed by atoms with Gasteiger partial charge in [-0.1, -0.05) is 6.07 Å². The zero-order chi connectivity index (χ0) is 13.3. The molecule has 4 nitrogen and oxygen atoms in total. The Morgan fingerprint density at radius 2 is 2.17 bits per heavy atom. The van der Waals surface area contributed by atoms with Gasteiger partial charge in [0, 0.05) is 13.1 Å². The van der Waals surface area contributed by atoms with Gasteiger partial charge in [0.1, 0.15) is 0 Å². The minimum Gasteiger partial charge on any atom is -0.369 e. The summed E-state index contributed by atoms with van der Waals surface area (Å²) in [5.41, 5.74) is 1.81. The summed E-state index contributed by atoms with van der Waals surface area (Å²) in [6, 6.07) is 5.70. The second-order valence-corrected chi connectivity index (χ2v) is 6.91. The van der Waals surface area contributed by atoms with Crippen LogP contribution in [0.25, 0.3) is 0 Å². The van der Waals surface area contributed by atoms with E-state index in [4.69, 9.17) is 0 Å². The van der Waals surface area contributed by atoms with Crippen molar-refractivity contribution in [3.8, 4) is 0 Å². The molecule has 0 saturated heterocycles. The smallest absolute Gasteiger partial charge is 0.182 e. The van der Waals surface area contributed by atoms with E-state index < -0.39 is 9.84 Å². The van der Waals surface area contributed by atoms with E-state index in [0.717, 1.165) is 24.2 Å². The van der Waals surface area contributed by atoms with E-state index in [1.807, 2.05) is 33.2 Å². The maximum Gasteiger partial charge on any atom is 0.182 e. The average Bonchev–Trinajstić information content (AvgIpc) is 2.32. The molecule has 1 N–H and O–H groups in total. The van der Waals surface area contributed by atoms with E-state index >= 15 is 0 Å². The number of sulfone groups is 1. The van der Waals surface area contributed by atoms with Crippen molar-refractivity contribution < 1.29 is 8.42 Å². The molecule has 0 saturated carbocycles. The van der Waals surface area contributed by atoms with Gasteiger partial charge in [-0.3, -0.25) is 0 Å². The molecule has 1 atom stereocenters. The molecule has 1 aliphatic rings. The lowest BCUT2D eigenvalue weighted by Crippen LogP contribution is -2.43. The molecule has 0 bridgehead atoms. The first-order valence-electron chi connectivity index (χ1n) is 6.16. The van der Waals surface area contributed by atoms with Crippen LogP contribution in [0.4, 0.5) is 5.69 Å². The van der Waals surface area contributed by atoms with Gasteiger partial charge in [0.15, 0.2) is 9.84 Å². The van der Waals surface area contributed by atoms with Crippen LogP contribution >= 0.6 is 0 Å². The summed E-state index contributed by atoms with van der Waals surface area (Å²) in [5.74, 6) is 0.210. The predicted molar refractivity (Wildman–Crippen MR) is 74.0 cm³/mol. The first kappa shape index (κ1) is 13.4. The fourth-order valence-corrected chi connectivity index (χ4v) is 4.37. The summed E-state index contributed by atoms with van der Waals surface area (Å²) < 4.78 is 24.6. The fourth-order valence-electron chi connectivity index (χ4n) is 2.40. The largest absolute Gasteiger partial charge is 0.369 e. The van der Waals surface area contributed by atoms with Gasteiger partial charge in [-0.05, 0) is 44.6 Å². The molecular weight excluding hydrogens is 248 g/mol. The number of benzene rings is 1. The van der Waals surface area contributed by atoms with Gasteiger partial charge in [0.25, 0.3) is 0 Å². The second kappa shape index (κ2) is 4.90. The topological polar surface area (TPSA) is 49.4 Å². The van der Waals surface area contributed by atoms with E-state index in [-0.39, 0.29) is 11.8 Å². The van der Waals surface area contributed by atoms with Crippen LogP contribution in [0.5, 0.6) is 0 Å². The molecule has 0 spiro atoms. The quantitative estimate of drug-likeness (QED) is 0.895. The SMILES string of the molecule is CNCCC1CS(=O)(=O)c2cc(C)ccc2N1C. The van der Waals surface area contributed by atoms with E-state index in [1.165, 1.54) is 0 Å². The predicted octanol–water partition coefficient (Wildman–Crippen LogP) is 1.20. The van der Waals surface area contributed by atoms with Crippen LogP contribution in [0.1, 0.15) is 12.0 Å². The second-order valence-electron chi connectivity index (χ2n) is 4.91. The Bertz CT molecular complexity index is 540. The van der Waals surface area contributed by atoms with Gasteiger partial charge >= 0.3 is 0 Å².